The third-order valence-electron chi connectivity index (χ3n) is 4.62. The first-order chi connectivity index (χ1) is 9.93. The lowest BCUT2D eigenvalue weighted by molar-refractivity contribution is 0.477. The van der Waals surface area contributed by atoms with Crippen LogP contribution in [0.1, 0.15) is 22.3 Å². The molecule has 108 valence electrons. The number of rotatable bonds is 1. The maximum atomic E-state index is 10.2. The van der Waals surface area contributed by atoms with Crippen molar-refractivity contribution in [2.24, 2.45) is 7.05 Å². The topological polar surface area (TPSA) is 38.1 Å². The second-order valence-corrected chi connectivity index (χ2v) is 5.71. The van der Waals surface area contributed by atoms with Gasteiger partial charge in [0.05, 0.1) is 5.52 Å². The van der Waals surface area contributed by atoms with E-state index >= 15 is 0 Å². The quantitative estimate of drug-likeness (QED) is 0.726. The summed E-state index contributed by atoms with van der Waals surface area (Å²) in [6.07, 6.45) is 0. The molecule has 0 atom stereocenters. The maximum absolute atomic E-state index is 10.2. The van der Waals surface area contributed by atoms with Crippen molar-refractivity contribution < 1.29 is 5.11 Å². The summed E-state index contributed by atoms with van der Waals surface area (Å²) in [7, 11) is 1.97. The molecule has 1 heterocycles. The molecule has 0 fully saturated rings. The second-order valence-electron chi connectivity index (χ2n) is 5.71. The van der Waals surface area contributed by atoms with Crippen molar-refractivity contribution >= 4 is 10.9 Å². The van der Waals surface area contributed by atoms with Gasteiger partial charge >= 0.3 is 0 Å². The van der Waals surface area contributed by atoms with Crippen molar-refractivity contribution in [3.8, 4) is 17.0 Å². The largest absolute Gasteiger partial charge is 0.507 e. The highest BCUT2D eigenvalue weighted by Gasteiger charge is 2.19. The Morgan fingerprint density at radius 2 is 1.52 bits per heavy atom. The SMILES string of the molecule is Cc1c(C)c(C)c2c(c(-c3ccccc3O)nn2C)c1C. The summed E-state index contributed by atoms with van der Waals surface area (Å²) in [5.41, 5.74) is 7.89. The first-order valence-electron chi connectivity index (χ1n) is 7.15. The maximum Gasteiger partial charge on any atom is 0.125 e. The van der Waals surface area contributed by atoms with E-state index in [-0.39, 0.29) is 5.75 Å². The molecular weight excluding hydrogens is 260 g/mol. The van der Waals surface area contributed by atoms with E-state index < -0.39 is 0 Å². The zero-order valence-electron chi connectivity index (χ0n) is 13.2. The molecule has 0 spiro atoms. The van der Waals surface area contributed by atoms with Crippen LogP contribution in [0.25, 0.3) is 22.2 Å². The predicted octanol–water partition coefficient (Wildman–Crippen LogP) is 4.18. The molecule has 0 aliphatic rings. The number of para-hydroxylation sites is 1. The third kappa shape index (κ3) is 1.84. The highest BCUT2D eigenvalue weighted by molar-refractivity contribution is 5.99. The number of hydrogen-bond acceptors (Lipinski definition) is 2. The summed E-state index contributed by atoms with van der Waals surface area (Å²) in [4.78, 5) is 0. The van der Waals surface area contributed by atoms with Gasteiger partial charge in [0.2, 0.25) is 0 Å². The fourth-order valence-electron chi connectivity index (χ4n) is 3.10. The molecule has 0 aliphatic carbocycles. The summed E-state index contributed by atoms with van der Waals surface area (Å²) in [5.74, 6) is 0.271. The zero-order valence-corrected chi connectivity index (χ0v) is 13.2. The van der Waals surface area contributed by atoms with Crippen molar-refractivity contribution in [3.05, 3.63) is 46.5 Å². The van der Waals surface area contributed by atoms with E-state index in [4.69, 9.17) is 0 Å². The lowest BCUT2D eigenvalue weighted by Gasteiger charge is -2.12. The summed E-state index contributed by atoms with van der Waals surface area (Å²) >= 11 is 0. The van der Waals surface area contributed by atoms with Gasteiger partial charge in [0.1, 0.15) is 11.4 Å². The number of fused-ring (bicyclic) bond motifs is 1. The molecule has 0 bridgehead atoms. The Kier molecular flexibility index (Phi) is 3.01. The van der Waals surface area contributed by atoms with Gasteiger partial charge in [0.15, 0.2) is 0 Å². The van der Waals surface area contributed by atoms with Crippen LogP contribution in [0, 0.1) is 27.7 Å². The van der Waals surface area contributed by atoms with Gasteiger partial charge in [-0.05, 0) is 62.1 Å². The van der Waals surface area contributed by atoms with Crippen molar-refractivity contribution in [2.45, 2.75) is 27.7 Å². The van der Waals surface area contributed by atoms with Gasteiger partial charge in [0.25, 0.3) is 0 Å². The van der Waals surface area contributed by atoms with Crippen molar-refractivity contribution in [1.82, 2.24) is 9.78 Å². The Morgan fingerprint density at radius 3 is 2.19 bits per heavy atom. The average molecular weight is 280 g/mol. The van der Waals surface area contributed by atoms with Crippen molar-refractivity contribution in [1.29, 1.82) is 0 Å². The smallest absolute Gasteiger partial charge is 0.125 e. The Hall–Kier alpha value is -2.29. The van der Waals surface area contributed by atoms with Gasteiger partial charge in [-0.15, -0.1) is 0 Å². The molecule has 21 heavy (non-hydrogen) atoms. The summed E-state index contributed by atoms with van der Waals surface area (Å²) in [6, 6.07) is 7.39. The van der Waals surface area contributed by atoms with Crippen LogP contribution in [0.4, 0.5) is 0 Å². The van der Waals surface area contributed by atoms with Crippen LogP contribution in [0.2, 0.25) is 0 Å². The van der Waals surface area contributed by atoms with Gasteiger partial charge in [0, 0.05) is 18.0 Å². The number of phenolic OH excluding ortho intramolecular Hbond substituents is 1. The molecular formula is C18H20N2O. The minimum atomic E-state index is 0.271. The Balaban J connectivity index is 2.50. The van der Waals surface area contributed by atoms with Gasteiger partial charge in [-0.2, -0.15) is 5.10 Å². The van der Waals surface area contributed by atoms with Crippen LogP contribution in [-0.2, 0) is 7.05 Å². The molecule has 0 saturated carbocycles. The zero-order chi connectivity index (χ0) is 15.3. The molecule has 0 aliphatic heterocycles. The first kappa shape index (κ1) is 13.7. The molecule has 2 aromatic carbocycles. The minimum absolute atomic E-state index is 0.271. The number of hydrogen-bond donors (Lipinski definition) is 1. The highest BCUT2D eigenvalue weighted by atomic mass is 16.3. The Labute approximate surface area is 124 Å². The van der Waals surface area contributed by atoms with Gasteiger partial charge < -0.3 is 5.11 Å². The third-order valence-corrected chi connectivity index (χ3v) is 4.62. The molecule has 0 amide bonds. The fourth-order valence-corrected chi connectivity index (χ4v) is 3.10. The van der Waals surface area contributed by atoms with E-state index in [2.05, 4.69) is 32.8 Å². The van der Waals surface area contributed by atoms with Crippen LogP contribution in [0.15, 0.2) is 24.3 Å². The fraction of sp³-hybridized carbons (Fsp3) is 0.278. The standard InChI is InChI=1S/C18H20N2O/c1-10-11(2)13(4)18-16(12(10)3)17(19-20(18)5)14-8-6-7-9-15(14)21/h6-9,21H,1-5H3. The van der Waals surface area contributed by atoms with Gasteiger partial charge in [-0.1, -0.05) is 12.1 Å². The predicted molar refractivity (Wildman–Crippen MR) is 86.8 cm³/mol. The number of benzene rings is 2. The molecule has 3 aromatic rings. The van der Waals surface area contributed by atoms with E-state index in [9.17, 15) is 5.11 Å². The average Bonchev–Trinajstić information content (AvgIpc) is 2.81. The first-order valence-corrected chi connectivity index (χ1v) is 7.15. The van der Waals surface area contributed by atoms with E-state index in [1.807, 2.05) is 29.9 Å². The molecule has 3 nitrogen and oxygen atoms in total. The van der Waals surface area contributed by atoms with Crippen LogP contribution in [0.5, 0.6) is 5.75 Å². The molecule has 0 radical (unpaired) electrons. The summed E-state index contributed by atoms with van der Waals surface area (Å²) in [6.45, 7) is 8.58. The normalized spacial score (nSPS) is 11.3. The molecule has 0 saturated heterocycles. The van der Waals surface area contributed by atoms with E-state index in [0.717, 1.165) is 22.2 Å². The van der Waals surface area contributed by atoms with E-state index in [1.54, 1.807) is 6.07 Å². The van der Waals surface area contributed by atoms with Crippen molar-refractivity contribution in [2.75, 3.05) is 0 Å². The molecule has 3 rings (SSSR count). The Bertz CT molecular complexity index is 860. The van der Waals surface area contributed by atoms with Crippen LogP contribution in [-0.4, -0.2) is 14.9 Å². The molecule has 0 unspecified atom stereocenters. The van der Waals surface area contributed by atoms with Crippen LogP contribution in [0.3, 0.4) is 0 Å². The lowest BCUT2D eigenvalue weighted by Crippen LogP contribution is -1.97. The number of aromatic nitrogens is 2. The molecule has 1 N–H and O–H groups in total. The number of aryl methyl sites for hydroxylation is 3. The van der Waals surface area contributed by atoms with Gasteiger partial charge in [-0.3, -0.25) is 4.68 Å². The van der Waals surface area contributed by atoms with Gasteiger partial charge in [-0.25, -0.2) is 0 Å². The highest BCUT2D eigenvalue weighted by Crippen LogP contribution is 2.38. The number of phenols is 1. The van der Waals surface area contributed by atoms with E-state index in [0.29, 0.717) is 0 Å². The number of aromatic hydroxyl groups is 1. The second kappa shape index (κ2) is 4.62. The lowest BCUT2D eigenvalue weighted by atomic mass is 9.93. The summed E-state index contributed by atoms with van der Waals surface area (Å²) in [5, 5.41) is 16.0. The van der Waals surface area contributed by atoms with Crippen LogP contribution >= 0.6 is 0 Å². The van der Waals surface area contributed by atoms with Crippen LogP contribution < -0.4 is 0 Å². The molecule has 3 heteroatoms. The number of nitrogens with zero attached hydrogens (tertiary/aromatic N) is 2. The Morgan fingerprint density at radius 1 is 0.905 bits per heavy atom. The van der Waals surface area contributed by atoms with E-state index in [1.165, 1.54) is 22.3 Å². The minimum Gasteiger partial charge on any atom is -0.507 e. The monoisotopic (exact) mass is 280 g/mol. The summed E-state index contributed by atoms with van der Waals surface area (Å²) < 4.78 is 1.92. The van der Waals surface area contributed by atoms with Crippen molar-refractivity contribution in [3.63, 3.8) is 0 Å². The molecule has 1 aromatic heterocycles.